The Morgan fingerprint density at radius 3 is 2.44 bits per heavy atom. The Kier molecular flexibility index (Phi) is 6.55. The molecule has 0 amide bonds. The first kappa shape index (κ1) is 21.2. The molecular formula is C25H25N3O4. The maximum absolute atomic E-state index is 6.12. The molecule has 4 rings (SSSR count). The highest BCUT2D eigenvalue weighted by atomic mass is 16.5. The van der Waals surface area contributed by atoms with Crippen LogP contribution in [0, 0.1) is 0 Å². The van der Waals surface area contributed by atoms with Gasteiger partial charge in [0.25, 0.3) is 0 Å². The lowest BCUT2D eigenvalue weighted by Crippen LogP contribution is -2.06. The second-order valence-electron chi connectivity index (χ2n) is 7.03. The van der Waals surface area contributed by atoms with E-state index in [1.807, 2.05) is 60.8 Å². The fourth-order valence-electron chi connectivity index (χ4n) is 3.41. The number of hydrogen-bond acceptors (Lipinski definition) is 6. The molecule has 0 aliphatic rings. The molecule has 0 spiro atoms. The number of ether oxygens (including phenoxy) is 4. The van der Waals surface area contributed by atoms with Crippen LogP contribution in [0.25, 0.3) is 11.3 Å². The van der Waals surface area contributed by atoms with Gasteiger partial charge in [-0.1, -0.05) is 30.3 Å². The van der Waals surface area contributed by atoms with E-state index in [0.717, 1.165) is 34.0 Å². The number of hydrogen-bond donors (Lipinski definition) is 0. The average molecular weight is 431 g/mol. The fourth-order valence-corrected chi connectivity index (χ4v) is 3.41. The lowest BCUT2D eigenvalue weighted by molar-refractivity contribution is 0.306. The minimum atomic E-state index is 0.435. The van der Waals surface area contributed by atoms with Crippen LogP contribution in [0.1, 0.15) is 11.3 Å². The van der Waals surface area contributed by atoms with E-state index >= 15 is 0 Å². The molecule has 164 valence electrons. The van der Waals surface area contributed by atoms with Gasteiger partial charge in [0.1, 0.15) is 23.8 Å². The van der Waals surface area contributed by atoms with E-state index in [1.54, 1.807) is 38.3 Å². The summed E-state index contributed by atoms with van der Waals surface area (Å²) in [5.41, 5.74) is 3.45. The molecule has 0 saturated heterocycles. The zero-order chi connectivity index (χ0) is 22.3. The summed E-state index contributed by atoms with van der Waals surface area (Å²) >= 11 is 0. The number of rotatable bonds is 9. The van der Waals surface area contributed by atoms with Crippen LogP contribution in [0.3, 0.4) is 0 Å². The molecule has 0 fully saturated rings. The maximum Gasteiger partial charge on any atom is 0.184 e. The van der Waals surface area contributed by atoms with Crippen molar-refractivity contribution in [1.29, 1.82) is 0 Å². The van der Waals surface area contributed by atoms with Crippen LogP contribution in [-0.4, -0.2) is 36.1 Å². The Morgan fingerprint density at radius 2 is 1.69 bits per heavy atom. The zero-order valence-electron chi connectivity index (χ0n) is 18.3. The Labute approximate surface area is 187 Å². The molecule has 0 N–H and O–H groups in total. The topological polar surface area (TPSA) is 67.6 Å². The first-order chi connectivity index (χ1) is 15.7. The smallest absolute Gasteiger partial charge is 0.184 e. The summed E-state index contributed by atoms with van der Waals surface area (Å²) in [6.45, 7) is 0.899. The standard InChI is InChI=1S/C25H25N3O4/c1-29-19-9-10-23(32-17-18-7-5-4-6-8-18)20(15-19)21-12-14-28(27-21)16-22-25(31-3)24(30-2)11-13-26-22/h4-15H,16-17H2,1-3H3. The molecule has 2 heterocycles. The molecule has 0 atom stereocenters. The van der Waals surface area contributed by atoms with Gasteiger partial charge in [0.15, 0.2) is 11.5 Å². The monoisotopic (exact) mass is 431 g/mol. The lowest BCUT2D eigenvalue weighted by atomic mass is 10.1. The summed E-state index contributed by atoms with van der Waals surface area (Å²) in [4.78, 5) is 4.43. The van der Waals surface area contributed by atoms with Gasteiger partial charge in [0.2, 0.25) is 0 Å². The van der Waals surface area contributed by atoms with Crippen molar-refractivity contribution in [3.05, 3.63) is 84.3 Å². The van der Waals surface area contributed by atoms with E-state index in [4.69, 9.17) is 24.0 Å². The Hall–Kier alpha value is -4.00. The predicted octanol–water partition coefficient (Wildman–Crippen LogP) is 4.60. The largest absolute Gasteiger partial charge is 0.497 e. The zero-order valence-corrected chi connectivity index (χ0v) is 18.3. The van der Waals surface area contributed by atoms with Gasteiger partial charge in [-0.05, 0) is 29.8 Å². The third-order valence-electron chi connectivity index (χ3n) is 5.02. The maximum atomic E-state index is 6.12. The van der Waals surface area contributed by atoms with Crippen LogP contribution in [0.15, 0.2) is 73.1 Å². The van der Waals surface area contributed by atoms with Gasteiger partial charge in [-0.15, -0.1) is 0 Å². The highest BCUT2D eigenvalue weighted by Crippen LogP contribution is 2.34. The van der Waals surface area contributed by atoms with Gasteiger partial charge in [-0.3, -0.25) is 9.67 Å². The van der Waals surface area contributed by atoms with Gasteiger partial charge in [0, 0.05) is 24.0 Å². The van der Waals surface area contributed by atoms with E-state index in [1.165, 1.54) is 0 Å². The highest BCUT2D eigenvalue weighted by Gasteiger charge is 2.15. The Morgan fingerprint density at radius 1 is 0.844 bits per heavy atom. The molecule has 0 radical (unpaired) electrons. The molecule has 7 nitrogen and oxygen atoms in total. The van der Waals surface area contributed by atoms with E-state index in [9.17, 15) is 0 Å². The predicted molar refractivity (Wildman–Crippen MR) is 121 cm³/mol. The minimum Gasteiger partial charge on any atom is -0.497 e. The Balaban J connectivity index is 1.60. The van der Waals surface area contributed by atoms with Gasteiger partial charge in [-0.25, -0.2) is 0 Å². The van der Waals surface area contributed by atoms with Gasteiger partial charge >= 0.3 is 0 Å². The first-order valence-corrected chi connectivity index (χ1v) is 10.2. The van der Waals surface area contributed by atoms with E-state index in [-0.39, 0.29) is 0 Å². The number of methoxy groups -OCH3 is 3. The van der Waals surface area contributed by atoms with Crippen molar-refractivity contribution in [2.75, 3.05) is 21.3 Å². The normalized spacial score (nSPS) is 10.6. The summed E-state index contributed by atoms with van der Waals surface area (Å²) in [7, 11) is 4.85. The molecule has 0 unspecified atom stereocenters. The van der Waals surface area contributed by atoms with Crippen molar-refractivity contribution in [3.63, 3.8) is 0 Å². The van der Waals surface area contributed by atoms with Crippen LogP contribution in [0.5, 0.6) is 23.0 Å². The molecule has 0 aliphatic heterocycles. The molecule has 0 aliphatic carbocycles. The second kappa shape index (κ2) is 9.87. The lowest BCUT2D eigenvalue weighted by Gasteiger charge is -2.12. The summed E-state index contributed by atoms with van der Waals surface area (Å²) < 4.78 is 24.2. The average Bonchev–Trinajstić information content (AvgIpc) is 3.31. The van der Waals surface area contributed by atoms with Gasteiger partial charge in [0.05, 0.1) is 33.6 Å². The number of benzene rings is 2. The number of pyridine rings is 1. The number of aromatic nitrogens is 3. The van der Waals surface area contributed by atoms with Crippen molar-refractivity contribution in [3.8, 4) is 34.3 Å². The van der Waals surface area contributed by atoms with Gasteiger partial charge in [-0.2, -0.15) is 5.10 Å². The molecule has 2 aromatic heterocycles. The molecule has 0 saturated carbocycles. The Bertz CT molecular complexity index is 1180. The van der Waals surface area contributed by atoms with Crippen LogP contribution >= 0.6 is 0 Å². The molecular weight excluding hydrogens is 406 g/mol. The third-order valence-corrected chi connectivity index (χ3v) is 5.02. The highest BCUT2D eigenvalue weighted by molar-refractivity contribution is 5.68. The summed E-state index contributed by atoms with van der Waals surface area (Å²) in [5.74, 6) is 2.70. The van der Waals surface area contributed by atoms with E-state index in [2.05, 4.69) is 4.98 Å². The van der Waals surface area contributed by atoms with Crippen LogP contribution in [-0.2, 0) is 13.2 Å². The van der Waals surface area contributed by atoms with Crippen molar-refractivity contribution in [1.82, 2.24) is 14.8 Å². The second-order valence-corrected chi connectivity index (χ2v) is 7.03. The van der Waals surface area contributed by atoms with Crippen LogP contribution < -0.4 is 18.9 Å². The summed E-state index contributed by atoms with van der Waals surface area (Å²) in [5, 5.41) is 4.74. The SMILES string of the molecule is COc1ccc(OCc2ccccc2)c(-c2ccn(Cc3nccc(OC)c3OC)n2)c1. The third kappa shape index (κ3) is 4.67. The van der Waals surface area contributed by atoms with Gasteiger partial charge < -0.3 is 18.9 Å². The quantitative estimate of drug-likeness (QED) is 0.386. The van der Waals surface area contributed by atoms with Crippen molar-refractivity contribution in [2.45, 2.75) is 13.2 Å². The van der Waals surface area contributed by atoms with E-state index < -0.39 is 0 Å². The van der Waals surface area contributed by atoms with Crippen molar-refractivity contribution in [2.24, 2.45) is 0 Å². The summed E-state index contributed by atoms with van der Waals surface area (Å²) in [6, 6.07) is 19.5. The van der Waals surface area contributed by atoms with Crippen molar-refractivity contribution < 1.29 is 18.9 Å². The molecule has 2 aromatic carbocycles. The van der Waals surface area contributed by atoms with Crippen LogP contribution in [0.4, 0.5) is 0 Å². The molecule has 7 heteroatoms. The van der Waals surface area contributed by atoms with Crippen LogP contribution in [0.2, 0.25) is 0 Å². The summed E-state index contributed by atoms with van der Waals surface area (Å²) in [6.07, 6.45) is 3.59. The van der Waals surface area contributed by atoms with Crippen molar-refractivity contribution >= 4 is 0 Å². The molecule has 0 bridgehead atoms. The molecule has 4 aromatic rings. The first-order valence-electron chi connectivity index (χ1n) is 10.2. The molecule has 32 heavy (non-hydrogen) atoms. The number of nitrogens with zero attached hydrogens (tertiary/aromatic N) is 3. The fraction of sp³-hybridized carbons (Fsp3) is 0.200. The minimum absolute atomic E-state index is 0.435. The van der Waals surface area contributed by atoms with E-state index in [0.29, 0.717) is 24.7 Å².